The van der Waals surface area contributed by atoms with Crippen LogP contribution in [-0.4, -0.2) is 68.2 Å². The smallest absolute Gasteiger partial charge is 0.290 e. The van der Waals surface area contributed by atoms with E-state index in [0.29, 0.717) is 0 Å². The lowest BCUT2D eigenvalue weighted by atomic mass is 9.89. The largest absolute Gasteiger partial charge is 0.483 e. The van der Waals surface area contributed by atoms with Crippen LogP contribution in [0.2, 0.25) is 0 Å². The number of aldehydes is 1. The summed E-state index contributed by atoms with van der Waals surface area (Å²) in [5.74, 6) is 1.96. The van der Waals surface area contributed by atoms with Crippen molar-refractivity contribution >= 4 is 12.8 Å². The number of aliphatic hydroxyl groups excluding tert-OH is 1. The van der Waals surface area contributed by atoms with Crippen LogP contribution in [0.15, 0.2) is 0 Å². The zero-order valence-corrected chi connectivity index (χ0v) is 38.6. The van der Waals surface area contributed by atoms with Gasteiger partial charge in [0.1, 0.15) is 6.29 Å². The van der Waals surface area contributed by atoms with Crippen LogP contribution in [0.1, 0.15) is 240 Å². The van der Waals surface area contributed by atoms with Gasteiger partial charge in [-0.25, -0.2) is 0 Å². The predicted molar refractivity (Wildman–Crippen MR) is 246 cm³/mol. The van der Waals surface area contributed by atoms with Gasteiger partial charge in [0.25, 0.3) is 6.47 Å². The van der Waals surface area contributed by atoms with Crippen molar-refractivity contribution in [3.63, 3.8) is 0 Å². The molecule has 332 valence electrons. The van der Waals surface area contributed by atoms with E-state index in [0.717, 1.165) is 31.8 Å². The summed E-state index contributed by atoms with van der Waals surface area (Å²) in [6, 6.07) is 0. The van der Waals surface area contributed by atoms with Crippen molar-refractivity contribution in [2.45, 2.75) is 240 Å². The summed E-state index contributed by atoms with van der Waals surface area (Å²) in [6.07, 6.45) is 55.1. The van der Waals surface area contributed by atoms with E-state index >= 15 is 0 Å². The first-order chi connectivity index (χ1) is 27.0. The molecule has 0 saturated heterocycles. The topological polar surface area (TPSA) is 89.9 Å². The molecule has 55 heavy (non-hydrogen) atoms. The molecule has 0 aliphatic rings. The van der Waals surface area contributed by atoms with Crippen LogP contribution in [0.25, 0.3) is 0 Å². The second kappa shape index (κ2) is 64.5. The summed E-state index contributed by atoms with van der Waals surface area (Å²) in [5, 5.41) is 17.3. The molecule has 6 heteroatoms. The minimum Gasteiger partial charge on any atom is -0.483 e. The number of hydrogen-bond acceptors (Lipinski definition) is 5. The number of carbonyl (C=O) groups is 2. The Labute approximate surface area is 347 Å². The molecule has 0 saturated carbocycles. The van der Waals surface area contributed by atoms with Gasteiger partial charge in [-0.2, -0.15) is 0 Å². The average Bonchev–Trinajstić information content (AvgIpc) is 3.20. The van der Waals surface area contributed by atoms with Crippen molar-refractivity contribution in [3.05, 3.63) is 0 Å². The van der Waals surface area contributed by atoms with Gasteiger partial charge in [0.15, 0.2) is 0 Å². The van der Waals surface area contributed by atoms with Crippen LogP contribution in [0, 0.1) is 24.7 Å². The number of carbonyl (C=O) groups excluding carboxylic acids is 1. The third-order valence-corrected chi connectivity index (χ3v) is 10.6. The van der Waals surface area contributed by atoms with Crippen LogP contribution >= 0.6 is 0 Å². The van der Waals surface area contributed by atoms with E-state index in [-0.39, 0.29) is 6.47 Å². The van der Waals surface area contributed by atoms with Gasteiger partial charge < -0.3 is 25.2 Å². The number of unbranched alkanes of at least 4 members (excludes halogenated alkanes) is 21. The summed E-state index contributed by atoms with van der Waals surface area (Å²) in [4.78, 5) is 20.0. The molecule has 0 aromatic heterocycles. The zero-order valence-electron chi connectivity index (χ0n) is 38.6. The molecule has 0 aliphatic heterocycles. The maximum atomic E-state index is 8.81. The molecule has 0 rings (SSSR count). The summed E-state index contributed by atoms with van der Waals surface area (Å²) in [5.41, 5.74) is 0. The van der Waals surface area contributed by atoms with Gasteiger partial charge in [-0.05, 0) is 71.2 Å². The fraction of sp³-hybridized carbons (Fsp3) is 0.918. The Hall–Kier alpha value is -1.42. The van der Waals surface area contributed by atoms with Crippen molar-refractivity contribution in [1.29, 1.82) is 0 Å². The van der Waals surface area contributed by atoms with Gasteiger partial charge in [-0.3, -0.25) is 4.79 Å². The first-order valence-electron chi connectivity index (χ1n) is 23.6. The molecule has 6 nitrogen and oxygen atoms in total. The molecular formula is C49H102N2O4. The highest BCUT2D eigenvalue weighted by molar-refractivity contribution is 5.44. The summed E-state index contributed by atoms with van der Waals surface area (Å²) in [7, 11) is 3.10. The van der Waals surface area contributed by atoms with Crippen molar-refractivity contribution in [3.8, 4) is 12.8 Å². The van der Waals surface area contributed by atoms with Gasteiger partial charge in [0, 0.05) is 7.11 Å². The zero-order chi connectivity index (χ0) is 42.3. The van der Waals surface area contributed by atoms with Crippen LogP contribution in [-0.2, 0) is 9.59 Å². The van der Waals surface area contributed by atoms with Crippen molar-refractivity contribution < 1.29 is 19.8 Å². The predicted octanol–water partition coefficient (Wildman–Crippen LogP) is 14.1. The molecule has 0 bridgehead atoms. The number of hydrogen-bond donors (Lipinski definition) is 3. The number of nitrogens with zero attached hydrogens (tertiary/aromatic N) is 1. The molecule has 1 unspecified atom stereocenters. The van der Waals surface area contributed by atoms with Crippen molar-refractivity contribution in [1.82, 2.24) is 10.2 Å². The third kappa shape index (κ3) is 64.7. The van der Waals surface area contributed by atoms with Crippen LogP contribution in [0.4, 0.5) is 0 Å². The molecule has 3 N–H and O–H groups in total. The van der Waals surface area contributed by atoms with E-state index < -0.39 is 0 Å². The fourth-order valence-electron chi connectivity index (χ4n) is 7.40. The molecule has 0 aromatic carbocycles. The Morgan fingerprint density at radius 2 is 0.764 bits per heavy atom. The van der Waals surface area contributed by atoms with E-state index in [1.807, 2.05) is 0 Å². The van der Waals surface area contributed by atoms with Crippen molar-refractivity contribution in [2.75, 3.05) is 40.3 Å². The van der Waals surface area contributed by atoms with Crippen LogP contribution in [0.5, 0.6) is 0 Å². The molecule has 1 atom stereocenters. The summed E-state index contributed by atoms with van der Waals surface area (Å²) >= 11 is 0. The van der Waals surface area contributed by atoms with E-state index in [4.69, 9.17) is 19.8 Å². The Bertz CT molecular complexity index is 638. The van der Waals surface area contributed by atoms with E-state index in [1.54, 1.807) is 0 Å². The van der Waals surface area contributed by atoms with Crippen LogP contribution < -0.4 is 5.32 Å². The highest BCUT2D eigenvalue weighted by Gasteiger charge is 2.10. The quantitative estimate of drug-likeness (QED) is 0.0327. The molecule has 0 radical (unpaired) electrons. The maximum Gasteiger partial charge on any atom is 0.290 e. The third-order valence-electron chi connectivity index (χ3n) is 10.6. The minimum absolute atomic E-state index is 0.250. The van der Waals surface area contributed by atoms with Gasteiger partial charge >= 0.3 is 0 Å². The van der Waals surface area contributed by atoms with Gasteiger partial charge in [0.05, 0.1) is 0 Å². The summed E-state index contributed by atoms with van der Waals surface area (Å²) in [6.45, 7) is 15.8. The Balaban J connectivity index is -0.000000752. The molecule has 0 heterocycles. The van der Waals surface area contributed by atoms with Gasteiger partial charge in [0.2, 0.25) is 0 Å². The molecule has 0 aromatic rings. The normalized spacial score (nSPS) is 10.9. The lowest BCUT2D eigenvalue weighted by Gasteiger charge is -2.22. The molecular weight excluding hydrogens is 681 g/mol. The SMILES string of the molecule is C#C.CC=O.CCCCCCCCC(CCCCCCCC)CCCCCCCN(CCCCCCCC(C)CCCCCC)CCCNC.CO.O=CO. The van der Waals surface area contributed by atoms with E-state index in [2.05, 4.69) is 57.8 Å². The Morgan fingerprint density at radius 1 is 0.509 bits per heavy atom. The minimum atomic E-state index is -0.250. The fourth-order valence-corrected chi connectivity index (χ4v) is 7.40. The standard InChI is InChI=1S/C43H90N2.C2H4O.C2H2.CH2O2.CH4O/c1-6-9-12-15-20-27-35-43(36-28-21-16-13-10-7-2)37-29-22-18-24-31-40-45(41-32-38-44-5)39-30-23-17-19-26-34-42(4)33-25-14-11-8-3;1-2-3;1-2;2-1-3;1-2/h42-44H,6-41H2,1-5H3;2H,1H3;1-2H;1H,(H,2,3);2H,1H3. The monoisotopic (exact) mass is 783 g/mol. The lowest BCUT2D eigenvalue weighted by molar-refractivity contribution is -0.122. The van der Waals surface area contributed by atoms with E-state index in [9.17, 15) is 0 Å². The maximum absolute atomic E-state index is 8.81. The molecule has 0 fully saturated rings. The number of rotatable bonds is 39. The molecule has 0 spiro atoms. The lowest BCUT2D eigenvalue weighted by Crippen LogP contribution is -2.29. The number of terminal acetylenes is 1. The summed E-state index contributed by atoms with van der Waals surface area (Å²) < 4.78 is 0. The second-order valence-electron chi connectivity index (χ2n) is 15.7. The average molecular weight is 783 g/mol. The number of aliphatic hydroxyl groups is 1. The highest BCUT2D eigenvalue weighted by atomic mass is 16.3. The Morgan fingerprint density at radius 3 is 1.09 bits per heavy atom. The van der Waals surface area contributed by atoms with Crippen LogP contribution in [0.3, 0.4) is 0 Å². The molecule has 0 amide bonds. The first kappa shape index (κ1) is 62.8. The first-order valence-corrected chi connectivity index (χ1v) is 23.6. The number of carboxylic acid groups (broad SMARTS) is 1. The Kier molecular flexibility index (Phi) is 73.6. The number of nitrogens with one attached hydrogen (secondary N) is 1. The molecule has 0 aliphatic carbocycles. The van der Waals surface area contributed by atoms with Gasteiger partial charge in [-0.1, -0.05) is 214 Å². The highest BCUT2D eigenvalue weighted by Crippen LogP contribution is 2.25. The second-order valence-corrected chi connectivity index (χ2v) is 15.7. The van der Waals surface area contributed by atoms with E-state index in [1.165, 1.54) is 232 Å². The van der Waals surface area contributed by atoms with Crippen molar-refractivity contribution in [2.24, 2.45) is 11.8 Å². The van der Waals surface area contributed by atoms with Gasteiger partial charge in [-0.15, -0.1) is 12.8 Å².